The number of amides is 1. The van der Waals surface area contributed by atoms with E-state index in [9.17, 15) is 18.0 Å². The molecule has 3 N–H and O–H groups in total. The largest absolute Gasteiger partial charge is 0.427 e. The van der Waals surface area contributed by atoms with Gasteiger partial charge in [-0.3, -0.25) is 9.78 Å². The van der Waals surface area contributed by atoms with Gasteiger partial charge in [-0.15, -0.1) is 0 Å². The molecule has 2 rings (SSSR count). The van der Waals surface area contributed by atoms with Crippen molar-refractivity contribution in [2.24, 2.45) is 0 Å². The highest BCUT2D eigenvalue weighted by Crippen LogP contribution is 2.19. The van der Waals surface area contributed by atoms with Crippen molar-refractivity contribution >= 4 is 40.5 Å². The number of hydrogen-bond acceptors (Lipinski definition) is 3. The number of halogens is 4. The Hall–Kier alpha value is -2.39. The standard InChI is InChI=1S/C15H12ClF3N4OS/c16-10-5-3-9(4-6-10)12(24)22-13(15(17,18)19)23-14(25)21-11-2-1-7-20-8-11/h1-8,13H,(H,22,24)(H2,21,23,25). The second kappa shape index (κ2) is 8.13. The molecule has 0 fully saturated rings. The Morgan fingerprint density at radius 1 is 1.16 bits per heavy atom. The first kappa shape index (κ1) is 18.9. The highest BCUT2D eigenvalue weighted by Gasteiger charge is 2.41. The molecular formula is C15H12ClF3N4OS. The van der Waals surface area contributed by atoms with E-state index in [1.807, 2.05) is 10.6 Å². The Labute approximate surface area is 151 Å². The fourth-order valence-electron chi connectivity index (χ4n) is 1.75. The molecule has 1 unspecified atom stereocenters. The monoisotopic (exact) mass is 388 g/mol. The molecular weight excluding hydrogens is 377 g/mol. The lowest BCUT2D eigenvalue weighted by atomic mass is 10.2. The van der Waals surface area contributed by atoms with Gasteiger partial charge in [0.05, 0.1) is 11.9 Å². The molecule has 1 aromatic heterocycles. The van der Waals surface area contributed by atoms with Gasteiger partial charge in [0.15, 0.2) is 11.3 Å². The van der Waals surface area contributed by atoms with Crippen LogP contribution >= 0.6 is 23.8 Å². The summed E-state index contributed by atoms with van der Waals surface area (Å²) in [4.78, 5) is 15.8. The molecule has 0 spiro atoms. The summed E-state index contributed by atoms with van der Waals surface area (Å²) in [5.41, 5.74) is 0.441. The number of carbonyl (C=O) groups excluding carboxylic acids is 1. The maximum atomic E-state index is 13.2. The zero-order valence-electron chi connectivity index (χ0n) is 12.5. The summed E-state index contributed by atoms with van der Waals surface area (Å²) in [6.07, 6.45) is -4.23. The van der Waals surface area contributed by atoms with Crippen molar-refractivity contribution in [2.75, 3.05) is 5.32 Å². The first-order valence-electron chi connectivity index (χ1n) is 6.86. The molecule has 1 aromatic carbocycles. The molecule has 0 saturated heterocycles. The minimum atomic E-state index is -4.76. The molecule has 1 atom stereocenters. The average molecular weight is 389 g/mol. The molecule has 0 radical (unpaired) electrons. The Morgan fingerprint density at radius 2 is 1.84 bits per heavy atom. The van der Waals surface area contributed by atoms with Crippen LogP contribution in [0.15, 0.2) is 48.8 Å². The molecule has 25 heavy (non-hydrogen) atoms. The van der Waals surface area contributed by atoms with Crippen molar-refractivity contribution < 1.29 is 18.0 Å². The van der Waals surface area contributed by atoms with Gasteiger partial charge in [0.25, 0.3) is 5.91 Å². The van der Waals surface area contributed by atoms with Crippen LogP contribution in [0.25, 0.3) is 0 Å². The first-order chi connectivity index (χ1) is 11.8. The van der Waals surface area contributed by atoms with E-state index in [4.69, 9.17) is 23.8 Å². The normalized spacial score (nSPS) is 12.2. The predicted octanol–water partition coefficient (Wildman–Crippen LogP) is 3.34. The van der Waals surface area contributed by atoms with Crippen molar-refractivity contribution in [1.82, 2.24) is 15.6 Å². The van der Waals surface area contributed by atoms with Crippen molar-refractivity contribution in [3.63, 3.8) is 0 Å². The fraction of sp³-hybridized carbons (Fsp3) is 0.133. The number of nitrogens with one attached hydrogen (secondary N) is 3. The minimum absolute atomic E-state index is 0.0339. The number of rotatable bonds is 4. The number of carbonyl (C=O) groups is 1. The summed E-state index contributed by atoms with van der Waals surface area (Å²) < 4.78 is 39.5. The van der Waals surface area contributed by atoms with Crippen molar-refractivity contribution in [3.8, 4) is 0 Å². The first-order valence-corrected chi connectivity index (χ1v) is 7.65. The van der Waals surface area contributed by atoms with E-state index in [1.165, 1.54) is 36.7 Å². The highest BCUT2D eigenvalue weighted by atomic mass is 35.5. The van der Waals surface area contributed by atoms with E-state index in [0.717, 1.165) is 0 Å². The molecule has 0 aliphatic heterocycles. The van der Waals surface area contributed by atoms with Crippen LogP contribution in [0.1, 0.15) is 10.4 Å². The molecule has 0 bridgehead atoms. The number of nitrogens with zero attached hydrogens (tertiary/aromatic N) is 1. The minimum Gasteiger partial charge on any atom is -0.335 e. The van der Waals surface area contributed by atoms with Crippen LogP contribution in [-0.4, -0.2) is 28.3 Å². The summed E-state index contributed by atoms with van der Waals surface area (Å²) in [5, 5.41) is 6.48. The van der Waals surface area contributed by atoms with Gasteiger partial charge in [-0.1, -0.05) is 11.6 Å². The summed E-state index contributed by atoms with van der Waals surface area (Å²) in [6.45, 7) is 0. The highest BCUT2D eigenvalue weighted by molar-refractivity contribution is 7.80. The van der Waals surface area contributed by atoms with Crippen LogP contribution in [-0.2, 0) is 0 Å². The zero-order valence-corrected chi connectivity index (χ0v) is 14.0. The summed E-state index contributed by atoms with van der Waals surface area (Å²) >= 11 is 10.5. The molecule has 1 heterocycles. The number of hydrogen-bond donors (Lipinski definition) is 3. The molecule has 1 amide bonds. The Bertz CT molecular complexity index is 741. The molecule has 132 valence electrons. The lowest BCUT2D eigenvalue weighted by Crippen LogP contribution is -2.57. The SMILES string of the molecule is O=C(NC(NC(=S)Nc1cccnc1)C(F)(F)F)c1ccc(Cl)cc1. The summed E-state index contributed by atoms with van der Waals surface area (Å²) in [5.74, 6) is -0.921. The van der Waals surface area contributed by atoms with Gasteiger partial charge in [0, 0.05) is 16.8 Å². The van der Waals surface area contributed by atoms with Gasteiger partial charge in [0.2, 0.25) is 0 Å². The Balaban J connectivity index is 2.04. The third-order valence-corrected chi connectivity index (χ3v) is 3.38. The summed E-state index contributed by atoms with van der Waals surface area (Å²) in [6, 6.07) is 8.61. The molecule has 2 aromatic rings. The van der Waals surface area contributed by atoms with Gasteiger partial charge in [-0.05, 0) is 48.6 Å². The van der Waals surface area contributed by atoms with Gasteiger partial charge >= 0.3 is 6.18 Å². The van der Waals surface area contributed by atoms with Crippen LogP contribution in [0, 0.1) is 0 Å². The zero-order chi connectivity index (χ0) is 18.4. The van der Waals surface area contributed by atoms with E-state index in [0.29, 0.717) is 10.7 Å². The van der Waals surface area contributed by atoms with Crippen molar-refractivity contribution in [3.05, 3.63) is 59.4 Å². The molecule has 0 saturated carbocycles. The van der Waals surface area contributed by atoms with E-state index >= 15 is 0 Å². The van der Waals surface area contributed by atoms with Crippen molar-refractivity contribution in [2.45, 2.75) is 12.3 Å². The molecule has 0 aliphatic rings. The molecule has 0 aliphatic carbocycles. The van der Waals surface area contributed by atoms with Crippen LogP contribution < -0.4 is 16.0 Å². The Kier molecular flexibility index (Phi) is 6.16. The van der Waals surface area contributed by atoms with Crippen LogP contribution in [0.3, 0.4) is 0 Å². The number of aromatic nitrogens is 1. The maximum Gasteiger partial charge on any atom is 0.427 e. The number of pyridine rings is 1. The second-order valence-electron chi connectivity index (χ2n) is 4.80. The fourth-order valence-corrected chi connectivity index (χ4v) is 2.11. The topological polar surface area (TPSA) is 66.1 Å². The number of benzene rings is 1. The molecule has 5 nitrogen and oxygen atoms in total. The lowest BCUT2D eigenvalue weighted by molar-refractivity contribution is -0.156. The number of thiocarbonyl (C=S) groups is 1. The van der Waals surface area contributed by atoms with Gasteiger partial charge < -0.3 is 16.0 Å². The van der Waals surface area contributed by atoms with E-state index in [-0.39, 0.29) is 10.7 Å². The second-order valence-corrected chi connectivity index (χ2v) is 5.64. The Morgan fingerprint density at radius 3 is 2.40 bits per heavy atom. The lowest BCUT2D eigenvalue weighted by Gasteiger charge is -2.24. The van der Waals surface area contributed by atoms with E-state index in [1.54, 1.807) is 12.1 Å². The predicted molar refractivity (Wildman–Crippen MR) is 92.4 cm³/mol. The van der Waals surface area contributed by atoms with Gasteiger partial charge in [-0.2, -0.15) is 13.2 Å². The van der Waals surface area contributed by atoms with Crippen molar-refractivity contribution in [1.29, 1.82) is 0 Å². The smallest absolute Gasteiger partial charge is 0.335 e. The summed E-state index contributed by atoms with van der Waals surface area (Å²) in [7, 11) is 0. The third kappa shape index (κ3) is 5.87. The number of anilines is 1. The third-order valence-electron chi connectivity index (χ3n) is 2.90. The van der Waals surface area contributed by atoms with E-state index in [2.05, 4.69) is 10.3 Å². The maximum absolute atomic E-state index is 13.2. The van der Waals surface area contributed by atoms with Gasteiger partial charge in [0.1, 0.15) is 0 Å². The van der Waals surface area contributed by atoms with Crippen LogP contribution in [0.5, 0.6) is 0 Å². The molecule has 10 heteroatoms. The quantitative estimate of drug-likeness (QED) is 0.554. The van der Waals surface area contributed by atoms with E-state index < -0.39 is 18.2 Å². The van der Waals surface area contributed by atoms with Gasteiger partial charge in [-0.25, -0.2) is 0 Å². The van der Waals surface area contributed by atoms with Crippen LogP contribution in [0.4, 0.5) is 18.9 Å². The average Bonchev–Trinajstić information content (AvgIpc) is 2.54. The van der Waals surface area contributed by atoms with Crippen LogP contribution in [0.2, 0.25) is 5.02 Å². The number of alkyl halides is 3.